The van der Waals surface area contributed by atoms with Gasteiger partial charge in [-0.2, -0.15) is 0 Å². The van der Waals surface area contributed by atoms with Crippen LogP contribution in [-0.4, -0.2) is 11.8 Å². The molecule has 2 aromatic rings. The summed E-state index contributed by atoms with van der Waals surface area (Å²) < 4.78 is 1.24. The predicted octanol–water partition coefficient (Wildman–Crippen LogP) is 5.56. The molecule has 0 aliphatic heterocycles. The molecule has 0 aromatic heterocycles. The van der Waals surface area contributed by atoms with Crippen LogP contribution in [0.25, 0.3) is 0 Å². The van der Waals surface area contributed by atoms with E-state index in [4.69, 9.17) is 23.2 Å². The first kappa shape index (κ1) is 16.1. The van der Waals surface area contributed by atoms with Gasteiger partial charge < -0.3 is 0 Å². The highest BCUT2D eigenvalue weighted by atomic mass is 127. The maximum Gasteiger partial charge on any atom is 0.0335 e. The standard InChI is InChI=1S/C17H17Cl2I/c1-13-3-2-4-15(9-13)17(11-18,12-19)10-14-5-7-16(20)8-6-14/h2-9H,10-12H2,1H3. The number of alkyl halides is 2. The Hall–Kier alpha value is -0.250. The van der Waals surface area contributed by atoms with Crippen LogP contribution in [-0.2, 0) is 11.8 Å². The molecule has 3 heteroatoms. The number of rotatable bonds is 5. The summed E-state index contributed by atoms with van der Waals surface area (Å²) in [5.41, 5.74) is 3.53. The van der Waals surface area contributed by atoms with E-state index in [-0.39, 0.29) is 5.41 Å². The first-order chi connectivity index (χ1) is 9.59. The van der Waals surface area contributed by atoms with Gasteiger partial charge in [0.15, 0.2) is 0 Å². The molecular formula is C17H17Cl2I. The zero-order chi connectivity index (χ0) is 14.6. The lowest BCUT2D eigenvalue weighted by Gasteiger charge is -2.31. The zero-order valence-corrected chi connectivity index (χ0v) is 15.0. The Labute approximate surface area is 144 Å². The topological polar surface area (TPSA) is 0 Å². The van der Waals surface area contributed by atoms with Crippen molar-refractivity contribution >= 4 is 45.8 Å². The van der Waals surface area contributed by atoms with Gasteiger partial charge in [0.1, 0.15) is 0 Å². The fraction of sp³-hybridized carbons (Fsp3) is 0.294. The van der Waals surface area contributed by atoms with Crippen LogP contribution in [0.1, 0.15) is 16.7 Å². The van der Waals surface area contributed by atoms with E-state index in [0.29, 0.717) is 11.8 Å². The molecule has 0 radical (unpaired) electrons. The molecule has 2 rings (SSSR count). The third-order valence-electron chi connectivity index (χ3n) is 3.60. The van der Waals surface area contributed by atoms with Crippen molar-refractivity contribution in [3.05, 3.63) is 68.8 Å². The van der Waals surface area contributed by atoms with Gasteiger partial charge in [0, 0.05) is 20.7 Å². The van der Waals surface area contributed by atoms with Gasteiger partial charge in [-0.1, -0.05) is 42.0 Å². The lowest BCUT2D eigenvalue weighted by atomic mass is 9.78. The van der Waals surface area contributed by atoms with Crippen molar-refractivity contribution in [2.75, 3.05) is 11.8 Å². The minimum absolute atomic E-state index is 0.206. The smallest absolute Gasteiger partial charge is 0.0335 e. The minimum Gasteiger partial charge on any atom is -0.126 e. The molecule has 20 heavy (non-hydrogen) atoms. The molecule has 0 aliphatic carbocycles. The monoisotopic (exact) mass is 418 g/mol. The lowest BCUT2D eigenvalue weighted by molar-refractivity contribution is 0.536. The fourth-order valence-corrected chi connectivity index (χ4v) is 3.50. The molecule has 0 atom stereocenters. The van der Waals surface area contributed by atoms with E-state index in [1.165, 1.54) is 20.3 Å². The Balaban J connectivity index is 2.36. The van der Waals surface area contributed by atoms with E-state index in [1.807, 2.05) is 0 Å². The maximum absolute atomic E-state index is 6.31. The average molecular weight is 419 g/mol. The van der Waals surface area contributed by atoms with E-state index >= 15 is 0 Å². The molecule has 0 amide bonds. The van der Waals surface area contributed by atoms with Crippen LogP contribution in [0.5, 0.6) is 0 Å². The van der Waals surface area contributed by atoms with Crippen LogP contribution in [0.4, 0.5) is 0 Å². The van der Waals surface area contributed by atoms with Crippen molar-refractivity contribution in [3.63, 3.8) is 0 Å². The van der Waals surface area contributed by atoms with Crippen molar-refractivity contribution in [2.24, 2.45) is 0 Å². The number of aryl methyl sites for hydroxylation is 1. The highest BCUT2D eigenvalue weighted by molar-refractivity contribution is 14.1. The molecule has 0 fully saturated rings. The summed E-state index contributed by atoms with van der Waals surface area (Å²) in [7, 11) is 0. The van der Waals surface area contributed by atoms with Crippen LogP contribution in [0, 0.1) is 10.5 Å². The van der Waals surface area contributed by atoms with E-state index in [9.17, 15) is 0 Å². The third kappa shape index (κ3) is 3.69. The molecule has 0 saturated carbocycles. The maximum atomic E-state index is 6.31. The molecule has 2 aromatic carbocycles. The minimum atomic E-state index is -0.206. The number of benzene rings is 2. The second kappa shape index (κ2) is 7.15. The quantitative estimate of drug-likeness (QED) is 0.440. The van der Waals surface area contributed by atoms with Crippen molar-refractivity contribution in [3.8, 4) is 0 Å². The Morgan fingerprint density at radius 2 is 1.65 bits per heavy atom. The predicted molar refractivity (Wildman–Crippen MR) is 97.2 cm³/mol. The van der Waals surface area contributed by atoms with Gasteiger partial charge in [-0.15, -0.1) is 23.2 Å². The average Bonchev–Trinajstić information content (AvgIpc) is 2.47. The van der Waals surface area contributed by atoms with Gasteiger partial charge in [-0.25, -0.2) is 0 Å². The molecule has 0 unspecified atom stereocenters. The molecule has 0 spiro atoms. The highest BCUT2D eigenvalue weighted by Gasteiger charge is 2.31. The van der Waals surface area contributed by atoms with Crippen LogP contribution >= 0.6 is 45.8 Å². The highest BCUT2D eigenvalue weighted by Crippen LogP contribution is 2.32. The Morgan fingerprint density at radius 1 is 1.00 bits per heavy atom. The number of hydrogen-bond donors (Lipinski definition) is 0. The van der Waals surface area contributed by atoms with Gasteiger partial charge in [-0.3, -0.25) is 0 Å². The second-order valence-electron chi connectivity index (χ2n) is 5.22. The number of halogens is 3. The molecular weight excluding hydrogens is 402 g/mol. The fourth-order valence-electron chi connectivity index (χ4n) is 2.35. The van der Waals surface area contributed by atoms with Gasteiger partial charge in [0.05, 0.1) is 0 Å². The summed E-state index contributed by atoms with van der Waals surface area (Å²) >= 11 is 14.9. The first-order valence-electron chi connectivity index (χ1n) is 6.53. The van der Waals surface area contributed by atoms with Crippen molar-refractivity contribution < 1.29 is 0 Å². The van der Waals surface area contributed by atoms with Crippen molar-refractivity contribution in [1.82, 2.24) is 0 Å². The summed E-state index contributed by atoms with van der Waals surface area (Å²) in [4.78, 5) is 0. The summed E-state index contributed by atoms with van der Waals surface area (Å²) in [5.74, 6) is 1.04. The van der Waals surface area contributed by atoms with E-state index in [2.05, 4.69) is 78.0 Å². The van der Waals surface area contributed by atoms with Crippen LogP contribution in [0.2, 0.25) is 0 Å². The SMILES string of the molecule is Cc1cccc(C(CCl)(CCl)Cc2ccc(I)cc2)c1. The van der Waals surface area contributed by atoms with Gasteiger partial charge >= 0.3 is 0 Å². The number of hydrogen-bond acceptors (Lipinski definition) is 0. The third-order valence-corrected chi connectivity index (χ3v) is 5.34. The van der Waals surface area contributed by atoms with Crippen LogP contribution in [0.3, 0.4) is 0 Å². The molecule has 106 valence electrons. The Morgan fingerprint density at radius 3 is 2.20 bits per heavy atom. The van der Waals surface area contributed by atoms with Crippen molar-refractivity contribution in [2.45, 2.75) is 18.8 Å². The Kier molecular flexibility index (Phi) is 5.76. The summed E-state index contributed by atoms with van der Waals surface area (Å²) in [6.07, 6.45) is 0.861. The Bertz CT molecular complexity index is 559. The first-order valence-corrected chi connectivity index (χ1v) is 8.68. The van der Waals surface area contributed by atoms with Gasteiger partial charge in [0.25, 0.3) is 0 Å². The molecule has 0 nitrogen and oxygen atoms in total. The molecule has 0 saturated heterocycles. The molecule has 0 N–H and O–H groups in total. The van der Waals surface area contributed by atoms with Gasteiger partial charge in [0.2, 0.25) is 0 Å². The largest absolute Gasteiger partial charge is 0.126 e. The van der Waals surface area contributed by atoms with Crippen molar-refractivity contribution in [1.29, 1.82) is 0 Å². The van der Waals surface area contributed by atoms with E-state index < -0.39 is 0 Å². The second-order valence-corrected chi connectivity index (χ2v) is 7.00. The molecule has 0 heterocycles. The van der Waals surface area contributed by atoms with Crippen LogP contribution < -0.4 is 0 Å². The summed E-state index contributed by atoms with van der Waals surface area (Å²) in [5, 5.41) is 0. The van der Waals surface area contributed by atoms with Gasteiger partial charge in [-0.05, 0) is 59.2 Å². The summed E-state index contributed by atoms with van der Waals surface area (Å²) in [6.45, 7) is 2.10. The van der Waals surface area contributed by atoms with E-state index in [0.717, 1.165) is 6.42 Å². The zero-order valence-electron chi connectivity index (χ0n) is 11.4. The molecule has 0 bridgehead atoms. The van der Waals surface area contributed by atoms with Crippen LogP contribution in [0.15, 0.2) is 48.5 Å². The van der Waals surface area contributed by atoms with E-state index in [1.54, 1.807) is 0 Å². The lowest BCUT2D eigenvalue weighted by Crippen LogP contribution is -2.33. The normalized spacial score (nSPS) is 11.6. The molecule has 0 aliphatic rings. The summed E-state index contributed by atoms with van der Waals surface area (Å²) in [6, 6.07) is 17.1.